The van der Waals surface area contributed by atoms with Crippen LogP contribution in [0.1, 0.15) is 32.1 Å². The molecular formula is C15H23N3O2S. The summed E-state index contributed by atoms with van der Waals surface area (Å²) in [7, 11) is -1.71. The number of rotatable bonds is 3. The molecule has 2 unspecified atom stereocenters. The lowest BCUT2D eigenvalue weighted by Crippen LogP contribution is -2.44. The molecule has 2 atom stereocenters. The highest BCUT2D eigenvalue weighted by molar-refractivity contribution is 7.89. The molecule has 2 fully saturated rings. The number of fused-ring (bicyclic) bond motifs is 1. The lowest BCUT2D eigenvalue weighted by molar-refractivity contribution is 0.136. The summed E-state index contributed by atoms with van der Waals surface area (Å²) in [5.74, 6) is 1.26. The highest BCUT2D eigenvalue weighted by Crippen LogP contribution is 2.38. The zero-order chi connectivity index (χ0) is 14.9. The Labute approximate surface area is 126 Å². The van der Waals surface area contributed by atoms with Gasteiger partial charge in [-0.3, -0.25) is 4.98 Å². The number of hydrogen-bond donors (Lipinski definition) is 1. The van der Waals surface area contributed by atoms with E-state index in [9.17, 15) is 8.42 Å². The van der Waals surface area contributed by atoms with E-state index in [4.69, 9.17) is 0 Å². The molecule has 1 aromatic heterocycles. The van der Waals surface area contributed by atoms with Crippen molar-refractivity contribution in [1.29, 1.82) is 0 Å². The van der Waals surface area contributed by atoms with Crippen LogP contribution in [0.4, 0.5) is 5.69 Å². The van der Waals surface area contributed by atoms with Crippen LogP contribution in [-0.4, -0.2) is 37.8 Å². The molecule has 1 aliphatic carbocycles. The van der Waals surface area contributed by atoms with Gasteiger partial charge >= 0.3 is 0 Å². The van der Waals surface area contributed by atoms with Gasteiger partial charge in [0, 0.05) is 32.5 Å². The maximum atomic E-state index is 12.9. The molecule has 116 valence electrons. The van der Waals surface area contributed by atoms with Gasteiger partial charge in [0.15, 0.2) is 0 Å². The van der Waals surface area contributed by atoms with Crippen molar-refractivity contribution in [2.24, 2.45) is 11.8 Å². The Morgan fingerprint density at radius 2 is 2.00 bits per heavy atom. The van der Waals surface area contributed by atoms with E-state index < -0.39 is 10.0 Å². The van der Waals surface area contributed by atoms with Gasteiger partial charge < -0.3 is 5.32 Å². The maximum Gasteiger partial charge on any atom is 0.246 e. The first kappa shape index (κ1) is 14.8. The zero-order valence-corrected chi connectivity index (χ0v) is 13.3. The third-order valence-corrected chi connectivity index (χ3v) is 6.82. The number of sulfonamides is 1. The average Bonchev–Trinajstić information content (AvgIpc) is 2.54. The first-order valence-electron chi connectivity index (χ1n) is 7.75. The van der Waals surface area contributed by atoms with Crippen LogP contribution < -0.4 is 5.32 Å². The minimum atomic E-state index is -3.45. The first-order valence-corrected chi connectivity index (χ1v) is 9.19. The van der Waals surface area contributed by atoms with Crippen molar-refractivity contribution in [2.45, 2.75) is 37.0 Å². The number of piperidine rings is 1. The fourth-order valence-electron chi connectivity index (χ4n) is 3.72. The van der Waals surface area contributed by atoms with Gasteiger partial charge in [-0.25, -0.2) is 8.42 Å². The number of anilines is 1. The maximum absolute atomic E-state index is 12.9. The quantitative estimate of drug-likeness (QED) is 0.931. The molecule has 0 aromatic carbocycles. The van der Waals surface area contributed by atoms with Gasteiger partial charge in [0.2, 0.25) is 10.0 Å². The van der Waals surface area contributed by atoms with E-state index >= 15 is 0 Å². The van der Waals surface area contributed by atoms with Gasteiger partial charge in [-0.15, -0.1) is 0 Å². The minimum absolute atomic E-state index is 0.293. The summed E-state index contributed by atoms with van der Waals surface area (Å²) in [4.78, 5) is 4.28. The summed E-state index contributed by atoms with van der Waals surface area (Å²) in [6.45, 7) is 1.31. The Bertz CT molecular complexity index is 603. The number of hydrogen-bond acceptors (Lipinski definition) is 4. The van der Waals surface area contributed by atoms with E-state index in [1.807, 2.05) is 0 Å². The molecule has 0 spiro atoms. The second-order valence-electron chi connectivity index (χ2n) is 6.08. The summed E-state index contributed by atoms with van der Waals surface area (Å²) in [5, 5.41) is 2.95. The van der Waals surface area contributed by atoms with Crippen molar-refractivity contribution in [3.05, 3.63) is 18.5 Å². The standard InChI is InChI=1S/C15H23N3O2S/c1-16-14-6-8-17-10-15(14)21(19,20)18-9-7-12-4-2-3-5-13(12)11-18/h6,8,10,12-13H,2-5,7,9,11H2,1H3,(H,16,17). The average molecular weight is 309 g/mol. The molecule has 1 aliphatic heterocycles. The zero-order valence-electron chi connectivity index (χ0n) is 12.5. The number of aromatic nitrogens is 1. The van der Waals surface area contributed by atoms with Crippen LogP contribution in [0.5, 0.6) is 0 Å². The summed E-state index contributed by atoms with van der Waals surface area (Å²) in [5.41, 5.74) is 0.621. The smallest absolute Gasteiger partial charge is 0.246 e. The fourth-order valence-corrected chi connectivity index (χ4v) is 5.37. The van der Waals surface area contributed by atoms with Crippen molar-refractivity contribution in [3.8, 4) is 0 Å². The molecule has 2 aliphatic rings. The van der Waals surface area contributed by atoms with Crippen LogP contribution in [0.25, 0.3) is 0 Å². The summed E-state index contributed by atoms with van der Waals surface area (Å²) in [6.07, 6.45) is 9.05. The van der Waals surface area contributed by atoms with Gasteiger partial charge in [-0.2, -0.15) is 4.31 Å². The van der Waals surface area contributed by atoms with E-state index in [-0.39, 0.29) is 0 Å². The molecule has 0 radical (unpaired) electrons. The van der Waals surface area contributed by atoms with E-state index in [0.717, 1.165) is 12.3 Å². The van der Waals surface area contributed by atoms with Crippen molar-refractivity contribution < 1.29 is 8.42 Å². The molecule has 21 heavy (non-hydrogen) atoms. The van der Waals surface area contributed by atoms with Gasteiger partial charge in [0.25, 0.3) is 0 Å². The number of nitrogens with zero attached hydrogens (tertiary/aromatic N) is 2. The lowest BCUT2D eigenvalue weighted by Gasteiger charge is -2.40. The van der Waals surface area contributed by atoms with Gasteiger partial charge in [-0.1, -0.05) is 19.3 Å². The molecule has 1 aromatic rings. The Morgan fingerprint density at radius 3 is 2.76 bits per heavy atom. The third-order valence-electron chi connectivity index (χ3n) is 4.93. The molecule has 0 amide bonds. The van der Waals surface area contributed by atoms with Crippen LogP contribution >= 0.6 is 0 Å². The highest BCUT2D eigenvalue weighted by atomic mass is 32.2. The normalized spacial score (nSPS) is 27.1. The molecule has 6 heteroatoms. The Kier molecular flexibility index (Phi) is 4.17. The van der Waals surface area contributed by atoms with Crippen LogP contribution in [0.3, 0.4) is 0 Å². The van der Waals surface area contributed by atoms with E-state index in [2.05, 4.69) is 10.3 Å². The van der Waals surface area contributed by atoms with Crippen molar-refractivity contribution >= 4 is 15.7 Å². The summed E-state index contributed by atoms with van der Waals surface area (Å²) < 4.78 is 27.4. The largest absolute Gasteiger partial charge is 0.387 e. The predicted octanol–water partition coefficient (Wildman–Crippen LogP) is 2.32. The molecule has 5 nitrogen and oxygen atoms in total. The fraction of sp³-hybridized carbons (Fsp3) is 0.667. The van der Waals surface area contributed by atoms with Crippen LogP contribution in [0, 0.1) is 11.8 Å². The SMILES string of the molecule is CNc1ccncc1S(=O)(=O)N1CCC2CCCCC2C1. The lowest BCUT2D eigenvalue weighted by atomic mass is 9.76. The Hall–Kier alpha value is -1.14. The van der Waals surface area contributed by atoms with E-state index in [1.165, 1.54) is 31.9 Å². The van der Waals surface area contributed by atoms with Gasteiger partial charge in [0.1, 0.15) is 4.90 Å². The Balaban J connectivity index is 1.85. The summed E-state index contributed by atoms with van der Waals surface area (Å²) in [6, 6.07) is 1.71. The van der Waals surface area contributed by atoms with Crippen LogP contribution in [-0.2, 0) is 10.0 Å². The highest BCUT2D eigenvalue weighted by Gasteiger charge is 2.37. The molecule has 1 N–H and O–H groups in total. The molecule has 2 heterocycles. The monoisotopic (exact) mass is 309 g/mol. The molecule has 1 saturated heterocycles. The second kappa shape index (κ2) is 5.93. The van der Waals surface area contributed by atoms with E-state index in [1.54, 1.807) is 23.6 Å². The molecule has 1 saturated carbocycles. The van der Waals surface area contributed by atoms with Gasteiger partial charge in [-0.05, 0) is 30.7 Å². The topological polar surface area (TPSA) is 62.3 Å². The number of nitrogens with one attached hydrogen (secondary N) is 1. The number of pyridine rings is 1. The predicted molar refractivity (Wildman–Crippen MR) is 82.6 cm³/mol. The van der Waals surface area contributed by atoms with Gasteiger partial charge in [0.05, 0.1) is 5.69 Å². The van der Waals surface area contributed by atoms with Crippen molar-refractivity contribution in [3.63, 3.8) is 0 Å². The second-order valence-corrected chi connectivity index (χ2v) is 7.98. The van der Waals surface area contributed by atoms with Crippen molar-refractivity contribution in [2.75, 3.05) is 25.5 Å². The van der Waals surface area contributed by atoms with E-state index in [0.29, 0.717) is 29.6 Å². The molecule has 0 bridgehead atoms. The molecular weight excluding hydrogens is 286 g/mol. The van der Waals surface area contributed by atoms with Crippen molar-refractivity contribution in [1.82, 2.24) is 9.29 Å². The van der Waals surface area contributed by atoms with Crippen LogP contribution in [0.2, 0.25) is 0 Å². The molecule has 3 rings (SSSR count). The minimum Gasteiger partial charge on any atom is -0.387 e. The Morgan fingerprint density at radius 1 is 1.24 bits per heavy atom. The first-order chi connectivity index (χ1) is 10.1. The van der Waals surface area contributed by atoms with Crippen LogP contribution in [0.15, 0.2) is 23.4 Å². The summed E-state index contributed by atoms with van der Waals surface area (Å²) >= 11 is 0. The third kappa shape index (κ3) is 2.79.